The molecule has 0 aliphatic heterocycles. The summed E-state index contributed by atoms with van der Waals surface area (Å²) in [5.41, 5.74) is 0.446. The second kappa shape index (κ2) is 6.27. The highest BCUT2D eigenvalue weighted by Crippen LogP contribution is 2.19. The van der Waals surface area contributed by atoms with Crippen molar-refractivity contribution in [3.05, 3.63) is 70.5 Å². The molecule has 0 fully saturated rings. The molecule has 2 N–H and O–H groups in total. The van der Waals surface area contributed by atoms with Gasteiger partial charge in [0.05, 0.1) is 22.9 Å². The van der Waals surface area contributed by atoms with E-state index in [1.54, 1.807) is 12.1 Å². The van der Waals surface area contributed by atoms with Crippen LogP contribution in [0.4, 0.5) is 14.9 Å². The van der Waals surface area contributed by atoms with E-state index >= 15 is 0 Å². The SMILES string of the molecule is O=C(Nc1cc2c(=O)[nH]cnc2cc1F)OCc1ccccc1. The maximum Gasteiger partial charge on any atom is 0.412 e. The van der Waals surface area contributed by atoms with Crippen LogP contribution in [0.25, 0.3) is 10.9 Å². The summed E-state index contributed by atoms with van der Waals surface area (Å²) < 4.78 is 19.0. The van der Waals surface area contributed by atoms with Gasteiger partial charge in [-0.1, -0.05) is 30.3 Å². The van der Waals surface area contributed by atoms with Gasteiger partial charge in [-0.25, -0.2) is 14.2 Å². The first-order valence-corrected chi connectivity index (χ1v) is 6.78. The van der Waals surface area contributed by atoms with Gasteiger partial charge >= 0.3 is 6.09 Å². The lowest BCUT2D eigenvalue weighted by Gasteiger charge is -2.08. The van der Waals surface area contributed by atoms with E-state index in [9.17, 15) is 14.0 Å². The van der Waals surface area contributed by atoms with Gasteiger partial charge in [-0.15, -0.1) is 0 Å². The third kappa shape index (κ3) is 3.34. The number of amides is 1. The molecule has 0 atom stereocenters. The van der Waals surface area contributed by atoms with Crippen molar-refractivity contribution in [2.75, 3.05) is 5.32 Å². The number of halogens is 1. The zero-order valence-corrected chi connectivity index (χ0v) is 11.9. The van der Waals surface area contributed by atoms with Crippen LogP contribution in [-0.2, 0) is 11.3 Å². The van der Waals surface area contributed by atoms with Crippen molar-refractivity contribution in [2.24, 2.45) is 0 Å². The first-order valence-electron chi connectivity index (χ1n) is 6.78. The highest BCUT2D eigenvalue weighted by molar-refractivity contribution is 5.89. The fourth-order valence-electron chi connectivity index (χ4n) is 2.05. The topological polar surface area (TPSA) is 84.1 Å². The Morgan fingerprint density at radius 2 is 2.04 bits per heavy atom. The van der Waals surface area contributed by atoms with Crippen LogP contribution in [0.5, 0.6) is 0 Å². The Morgan fingerprint density at radius 1 is 1.26 bits per heavy atom. The monoisotopic (exact) mass is 313 g/mol. The van der Waals surface area contributed by atoms with Gasteiger partial charge in [-0.2, -0.15) is 0 Å². The first kappa shape index (κ1) is 14.7. The zero-order chi connectivity index (χ0) is 16.2. The van der Waals surface area contributed by atoms with Gasteiger partial charge in [0.15, 0.2) is 0 Å². The maximum absolute atomic E-state index is 14.0. The van der Waals surface area contributed by atoms with Gasteiger partial charge in [0.25, 0.3) is 5.56 Å². The molecule has 1 aromatic heterocycles. The molecular weight excluding hydrogens is 301 g/mol. The molecule has 116 valence electrons. The summed E-state index contributed by atoms with van der Waals surface area (Å²) >= 11 is 0. The van der Waals surface area contributed by atoms with Crippen molar-refractivity contribution in [1.82, 2.24) is 9.97 Å². The second-order valence-electron chi connectivity index (χ2n) is 4.77. The summed E-state index contributed by atoms with van der Waals surface area (Å²) in [7, 11) is 0. The number of benzene rings is 2. The molecule has 2 aromatic carbocycles. The van der Waals surface area contributed by atoms with Crippen LogP contribution >= 0.6 is 0 Å². The van der Waals surface area contributed by atoms with Crippen molar-refractivity contribution >= 4 is 22.7 Å². The number of aromatic nitrogens is 2. The number of rotatable bonds is 3. The van der Waals surface area contributed by atoms with Crippen molar-refractivity contribution in [3.63, 3.8) is 0 Å². The van der Waals surface area contributed by atoms with Gasteiger partial charge in [-0.3, -0.25) is 10.1 Å². The number of ether oxygens (including phenoxy) is 1. The number of hydrogen-bond acceptors (Lipinski definition) is 4. The predicted molar refractivity (Wildman–Crippen MR) is 82.6 cm³/mol. The van der Waals surface area contributed by atoms with E-state index in [1.165, 1.54) is 12.4 Å². The van der Waals surface area contributed by atoms with Crippen molar-refractivity contribution in [1.29, 1.82) is 0 Å². The Hall–Kier alpha value is -3.22. The summed E-state index contributed by atoms with van der Waals surface area (Å²) in [6.45, 7) is 0.0595. The van der Waals surface area contributed by atoms with E-state index in [-0.39, 0.29) is 23.2 Å². The van der Waals surface area contributed by atoms with E-state index < -0.39 is 17.5 Å². The molecule has 1 heterocycles. The van der Waals surface area contributed by atoms with E-state index in [0.29, 0.717) is 0 Å². The lowest BCUT2D eigenvalue weighted by atomic mass is 10.2. The Morgan fingerprint density at radius 3 is 2.83 bits per heavy atom. The third-order valence-electron chi connectivity index (χ3n) is 3.18. The fraction of sp³-hybridized carbons (Fsp3) is 0.0625. The number of carbonyl (C=O) groups excluding carboxylic acids is 1. The molecular formula is C16H12FN3O3. The number of nitrogens with one attached hydrogen (secondary N) is 2. The number of nitrogens with zero attached hydrogens (tertiary/aromatic N) is 1. The van der Waals surface area contributed by atoms with E-state index in [4.69, 9.17) is 4.74 Å². The molecule has 23 heavy (non-hydrogen) atoms. The molecule has 1 amide bonds. The number of anilines is 1. The number of carbonyl (C=O) groups is 1. The van der Waals surface area contributed by atoms with Crippen LogP contribution in [0.3, 0.4) is 0 Å². The fourth-order valence-corrected chi connectivity index (χ4v) is 2.05. The molecule has 0 saturated heterocycles. The molecule has 3 rings (SSSR count). The molecule has 0 bridgehead atoms. The molecule has 0 radical (unpaired) electrons. The van der Waals surface area contributed by atoms with Crippen LogP contribution < -0.4 is 10.9 Å². The Balaban J connectivity index is 1.75. The van der Waals surface area contributed by atoms with Crippen LogP contribution in [0.1, 0.15) is 5.56 Å². The minimum atomic E-state index is -0.813. The highest BCUT2D eigenvalue weighted by atomic mass is 19.1. The van der Waals surface area contributed by atoms with E-state index in [2.05, 4.69) is 15.3 Å². The van der Waals surface area contributed by atoms with Gasteiger partial charge in [-0.05, 0) is 11.6 Å². The van der Waals surface area contributed by atoms with Crippen LogP contribution in [0, 0.1) is 5.82 Å². The van der Waals surface area contributed by atoms with Crippen molar-refractivity contribution < 1.29 is 13.9 Å². The zero-order valence-electron chi connectivity index (χ0n) is 11.9. The molecule has 7 heteroatoms. The molecule has 0 unspecified atom stereocenters. The number of H-pyrrole nitrogens is 1. The lowest BCUT2D eigenvalue weighted by Crippen LogP contribution is -2.15. The maximum atomic E-state index is 14.0. The smallest absolute Gasteiger partial charge is 0.412 e. The van der Waals surface area contributed by atoms with Crippen LogP contribution in [0.2, 0.25) is 0 Å². The van der Waals surface area contributed by atoms with Crippen LogP contribution in [0.15, 0.2) is 53.6 Å². The molecule has 0 aliphatic rings. The van der Waals surface area contributed by atoms with Gasteiger partial charge in [0.1, 0.15) is 12.4 Å². The minimum Gasteiger partial charge on any atom is -0.444 e. The normalized spacial score (nSPS) is 10.5. The van der Waals surface area contributed by atoms with Gasteiger partial charge < -0.3 is 9.72 Å². The van der Waals surface area contributed by atoms with Crippen molar-refractivity contribution in [2.45, 2.75) is 6.61 Å². The minimum absolute atomic E-state index is 0.0595. The molecule has 0 spiro atoms. The molecule has 6 nitrogen and oxygen atoms in total. The molecule has 0 saturated carbocycles. The summed E-state index contributed by atoms with van der Waals surface area (Å²) in [5, 5.41) is 2.46. The summed E-state index contributed by atoms with van der Waals surface area (Å²) in [6.07, 6.45) is 0.373. The van der Waals surface area contributed by atoms with Crippen molar-refractivity contribution in [3.8, 4) is 0 Å². The second-order valence-corrected chi connectivity index (χ2v) is 4.77. The summed E-state index contributed by atoms with van der Waals surface area (Å²) in [4.78, 5) is 29.7. The Kier molecular flexibility index (Phi) is 4.01. The number of aromatic amines is 1. The highest BCUT2D eigenvalue weighted by Gasteiger charge is 2.11. The predicted octanol–water partition coefficient (Wildman–Crippen LogP) is 2.81. The number of fused-ring (bicyclic) bond motifs is 1. The van der Waals surface area contributed by atoms with Crippen LogP contribution in [-0.4, -0.2) is 16.1 Å². The van der Waals surface area contributed by atoms with Gasteiger partial charge in [0.2, 0.25) is 0 Å². The van der Waals surface area contributed by atoms with E-state index in [1.807, 2.05) is 18.2 Å². The quantitative estimate of drug-likeness (QED) is 0.779. The molecule has 3 aromatic rings. The third-order valence-corrected chi connectivity index (χ3v) is 3.18. The number of hydrogen-bond donors (Lipinski definition) is 2. The van der Waals surface area contributed by atoms with Gasteiger partial charge in [0, 0.05) is 6.07 Å². The Labute approximate surface area is 129 Å². The molecule has 0 aliphatic carbocycles. The Bertz CT molecular complexity index is 909. The largest absolute Gasteiger partial charge is 0.444 e. The summed E-state index contributed by atoms with van der Waals surface area (Å²) in [5.74, 6) is -0.702. The first-order chi connectivity index (χ1) is 11.1. The standard InChI is InChI=1S/C16H12FN3O3/c17-12-7-13-11(15(21)19-9-18-13)6-14(12)20-16(22)23-8-10-4-2-1-3-5-10/h1-7,9H,8H2,(H,20,22)(H,18,19,21). The average molecular weight is 313 g/mol. The van der Waals surface area contributed by atoms with E-state index in [0.717, 1.165) is 11.6 Å². The lowest BCUT2D eigenvalue weighted by molar-refractivity contribution is 0.155. The average Bonchev–Trinajstić information content (AvgIpc) is 2.55. The summed E-state index contributed by atoms with van der Waals surface area (Å²) in [6, 6.07) is 11.4.